The second-order valence-electron chi connectivity index (χ2n) is 6.41. The fraction of sp³-hybridized carbons (Fsp3) is 0.286. The van der Waals surface area contributed by atoms with Crippen molar-refractivity contribution in [3.8, 4) is 0 Å². The predicted octanol–water partition coefficient (Wildman–Crippen LogP) is 1.86. The van der Waals surface area contributed by atoms with E-state index in [2.05, 4.69) is 10.6 Å². The Balaban J connectivity index is 1.75. The first-order valence-corrected chi connectivity index (χ1v) is 8.82. The Morgan fingerprint density at radius 3 is 2.22 bits per heavy atom. The van der Waals surface area contributed by atoms with Crippen LogP contribution in [-0.4, -0.2) is 35.5 Å². The van der Waals surface area contributed by atoms with Crippen molar-refractivity contribution in [3.05, 3.63) is 71.3 Å². The zero-order valence-electron chi connectivity index (χ0n) is 15.3. The van der Waals surface area contributed by atoms with Crippen LogP contribution in [0.3, 0.4) is 0 Å². The quantitative estimate of drug-likeness (QED) is 0.629. The van der Waals surface area contributed by atoms with Gasteiger partial charge in [-0.2, -0.15) is 0 Å². The van der Waals surface area contributed by atoms with Crippen LogP contribution in [0.1, 0.15) is 23.1 Å². The van der Waals surface area contributed by atoms with Crippen LogP contribution in [0.25, 0.3) is 0 Å². The summed E-state index contributed by atoms with van der Waals surface area (Å²) >= 11 is 0. The van der Waals surface area contributed by atoms with Crippen molar-refractivity contribution in [2.75, 3.05) is 6.54 Å². The molecule has 0 fully saturated rings. The number of hydrogen-bond acceptors (Lipinski definition) is 3. The van der Waals surface area contributed by atoms with Crippen molar-refractivity contribution in [2.24, 2.45) is 0 Å². The van der Waals surface area contributed by atoms with Crippen LogP contribution in [0.15, 0.2) is 54.6 Å². The molecule has 0 saturated carbocycles. The van der Waals surface area contributed by atoms with Gasteiger partial charge in [-0.1, -0.05) is 60.2 Å². The Bertz CT molecular complexity index is 773. The summed E-state index contributed by atoms with van der Waals surface area (Å²) < 4.78 is 0. The molecule has 0 spiro atoms. The molecule has 0 aliphatic carbocycles. The van der Waals surface area contributed by atoms with Crippen molar-refractivity contribution >= 4 is 17.8 Å². The van der Waals surface area contributed by atoms with Crippen LogP contribution in [0.2, 0.25) is 0 Å². The third kappa shape index (κ3) is 7.32. The SMILES string of the molecule is Cc1ccc(CCC(=O)NCC(=O)N[C@@H](Cc2ccccc2)C(=O)O)cc1. The first-order valence-electron chi connectivity index (χ1n) is 8.82. The van der Waals surface area contributed by atoms with E-state index in [1.807, 2.05) is 49.4 Å². The molecule has 0 unspecified atom stereocenters. The van der Waals surface area contributed by atoms with Crippen molar-refractivity contribution in [3.63, 3.8) is 0 Å². The lowest BCUT2D eigenvalue weighted by Crippen LogP contribution is -2.46. The number of carbonyl (C=O) groups is 3. The van der Waals surface area contributed by atoms with Crippen LogP contribution < -0.4 is 10.6 Å². The Kier molecular flexibility index (Phi) is 7.55. The maximum absolute atomic E-state index is 12.0. The van der Waals surface area contributed by atoms with Crippen LogP contribution in [0, 0.1) is 6.92 Å². The molecule has 142 valence electrons. The van der Waals surface area contributed by atoms with Gasteiger partial charge in [0.05, 0.1) is 6.54 Å². The molecule has 2 aromatic carbocycles. The minimum Gasteiger partial charge on any atom is -0.480 e. The summed E-state index contributed by atoms with van der Waals surface area (Å²) in [5, 5.41) is 14.3. The van der Waals surface area contributed by atoms with E-state index in [1.165, 1.54) is 0 Å². The number of aliphatic carboxylic acids is 1. The standard InChI is InChI=1S/C21H24N2O4/c1-15-7-9-16(10-8-15)11-12-19(24)22-14-20(25)23-18(21(26)27)13-17-5-3-2-4-6-17/h2-10,18H,11-14H2,1H3,(H,22,24)(H,23,25)(H,26,27)/t18-/m0/s1. The van der Waals surface area contributed by atoms with Gasteiger partial charge >= 0.3 is 5.97 Å². The van der Waals surface area contributed by atoms with Crippen molar-refractivity contribution in [2.45, 2.75) is 32.2 Å². The van der Waals surface area contributed by atoms with E-state index < -0.39 is 17.9 Å². The van der Waals surface area contributed by atoms with Crippen LogP contribution >= 0.6 is 0 Å². The molecular weight excluding hydrogens is 344 g/mol. The third-order valence-corrected chi connectivity index (χ3v) is 4.12. The largest absolute Gasteiger partial charge is 0.480 e. The highest BCUT2D eigenvalue weighted by molar-refractivity contribution is 5.88. The third-order valence-electron chi connectivity index (χ3n) is 4.12. The van der Waals surface area contributed by atoms with E-state index >= 15 is 0 Å². The summed E-state index contributed by atoms with van der Waals surface area (Å²) in [6, 6.07) is 15.9. The molecule has 0 bridgehead atoms. The fourth-order valence-corrected chi connectivity index (χ4v) is 2.58. The molecule has 0 aliphatic heterocycles. The van der Waals surface area contributed by atoms with Gasteiger partial charge in [-0.05, 0) is 24.5 Å². The highest BCUT2D eigenvalue weighted by Crippen LogP contribution is 2.06. The topological polar surface area (TPSA) is 95.5 Å². The molecule has 27 heavy (non-hydrogen) atoms. The normalized spacial score (nSPS) is 11.4. The molecule has 1 atom stereocenters. The van der Waals surface area contributed by atoms with Crippen LogP contribution in [0.5, 0.6) is 0 Å². The van der Waals surface area contributed by atoms with E-state index in [-0.39, 0.29) is 25.3 Å². The number of aryl methyl sites for hydroxylation is 2. The maximum Gasteiger partial charge on any atom is 0.326 e. The highest BCUT2D eigenvalue weighted by Gasteiger charge is 2.20. The molecule has 6 heteroatoms. The van der Waals surface area contributed by atoms with Gasteiger partial charge in [0.15, 0.2) is 0 Å². The summed E-state index contributed by atoms with van der Waals surface area (Å²) in [6.45, 7) is 1.75. The number of carboxylic acid groups (broad SMARTS) is 1. The monoisotopic (exact) mass is 368 g/mol. The second-order valence-corrected chi connectivity index (χ2v) is 6.41. The van der Waals surface area contributed by atoms with Crippen molar-refractivity contribution < 1.29 is 19.5 Å². The fourth-order valence-electron chi connectivity index (χ4n) is 2.58. The lowest BCUT2D eigenvalue weighted by molar-refractivity contribution is -0.141. The molecule has 0 aromatic heterocycles. The zero-order chi connectivity index (χ0) is 19.6. The molecule has 2 rings (SSSR count). The van der Waals surface area contributed by atoms with E-state index in [1.54, 1.807) is 12.1 Å². The summed E-state index contributed by atoms with van der Waals surface area (Å²) in [5.74, 6) is -1.89. The molecule has 2 aromatic rings. The first-order chi connectivity index (χ1) is 12.9. The Morgan fingerprint density at radius 1 is 0.926 bits per heavy atom. The number of carboxylic acids is 1. The molecule has 6 nitrogen and oxygen atoms in total. The number of amides is 2. The summed E-state index contributed by atoms with van der Waals surface area (Å²) in [4.78, 5) is 35.2. The van der Waals surface area contributed by atoms with E-state index in [0.29, 0.717) is 6.42 Å². The Hall–Kier alpha value is -3.15. The lowest BCUT2D eigenvalue weighted by atomic mass is 10.1. The smallest absolute Gasteiger partial charge is 0.326 e. The zero-order valence-corrected chi connectivity index (χ0v) is 15.3. The minimum atomic E-state index is -1.11. The lowest BCUT2D eigenvalue weighted by Gasteiger charge is -2.15. The molecule has 0 aliphatic rings. The predicted molar refractivity (Wildman–Crippen MR) is 102 cm³/mol. The molecule has 0 heterocycles. The second kappa shape index (κ2) is 10.1. The van der Waals surface area contributed by atoms with Crippen LogP contribution in [0.4, 0.5) is 0 Å². The molecule has 3 N–H and O–H groups in total. The Morgan fingerprint density at radius 2 is 1.59 bits per heavy atom. The number of carbonyl (C=O) groups excluding carboxylic acids is 2. The van der Waals surface area contributed by atoms with Gasteiger partial charge in [0, 0.05) is 12.8 Å². The summed E-state index contributed by atoms with van der Waals surface area (Å²) in [7, 11) is 0. The number of nitrogens with one attached hydrogen (secondary N) is 2. The van der Waals surface area contributed by atoms with Crippen molar-refractivity contribution in [1.29, 1.82) is 0 Å². The van der Waals surface area contributed by atoms with Gasteiger partial charge in [0.1, 0.15) is 6.04 Å². The van der Waals surface area contributed by atoms with Gasteiger partial charge < -0.3 is 15.7 Å². The molecule has 0 saturated heterocycles. The average Bonchev–Trinajstić information content (AvgIpc) is 2.66. The van der Waals surface area contributed by atoms with Gasteiger partial charge in [0.2, 0.25) is 11.8 Å². The summed E-state index contributed by atoms with van der Waals surface area (Å²) in [6.07, 6.45) is 1.03. The van der Waals surface area contributed by atoms with Gasteiger partial charge in [-0.25, -0.2) is 4.79 Å². The van der Waals surface area contributed by atoms with Gasteiger partial charge in [-0.15, -0.1) is 0 Å². The van der Waals surface area contributed by atoms with Crippen molar-refractivity contribution in [1.82, 2.24) is 10.6 Å². The van der Waals surface area contributed by atoms with E-state index in [9.17, 15) is 19.5 Å². The number of rotatable bonds is 9. The van der Waals surface area contributed by atoms with Crippen LogP contribution in [-0.2, 0) is 27.2 Å². The Labute approximate surface area is 158 Å². The van der Waals surface area contributed by atoms with Gasteiger partial charge in [0.25, 0.3) is 0 Å². The first kappa shape index (κ1) is 20.2. The molecule has 0 radical (unpaired) electrons. The number of benzene rings is 2. The maximum atomic E-state index is 12.0. The molecule has 2 amide bonds. The van der Waals surface area contributed by atoms with E-state index in [4.69, 9.17) is 0 Å². The minimum absolute atomic E-state index is 0.184. The average molecular weight is 368 g/mol. The van der Waals surface area contributed by atoms with Gasteiger partial charge in [-0.3, -0.25) is 9.59 Å². The number of hydrogen-bond donors (Lipinski definition) is 3. The highest BCUT2D eigenvalue weighted by atomic mass is 16.4. The molecular formula is C21H24N2O4. The van der Waals surface area contributed by atoms with E-state index in [0.717, 1.165) is 16.7 Å². The summed E-state index contributed by atoms with van der Waals surface area (Å²) in [5.41, 5.74) is 3.02.